The summed E-state index contributed by atoms with van der Waals surface area (Å²) >= 11 is 0. The van der Waals surface area contributed by atoms with Gasteiger partial charge in [-0.2, -0.15) is 18.4 Å². The smallest absolute Gasteiger partial charge is 0.416 e. The van der Waals surface area contributed by atoms with Crippen molar-refractivity contribution in [2.24, 2.45) is 16.7 Å². The summed E-state index contributed by atoms with van der Waals surface area (Å²) in [6, 6.07) is 13.4. The van der Waals surface area contributed by atoms with E-state index in [4.69, 9.17) is 4.74 Å². The molecular weight excluding hydrogens is 393 g/mol. The first-order chi connectivity index (χ1) is 13.9. The van der Waals surface area contributed by atoms with Crippen molar-refractivity contribution in [1.82, 2.24) is 0 Å². The van der Waals surface area contributed by atoms with E-state index < -0.39 is 23.8 Å². The maximum absolute atomic E-state index is 12.7. The molecule has 0 aliphatic heterocycles. The molecule has 0 spiro atoms. The van der Waals surface area contributed by atoms with Gasteiger partial charge in [0.15, 0.2) is 0 Å². The molecule has 0 heterocycles. The van der Waals surface area contributed by atoms with Crippen LogP contribution in [-0.4, -0.2) is 5.97 Å². The molecule has 1 N–H and O–H groups in total. The summed E-state index contributed by atoms with van der Waals surface area (Å²) in [5.41, 5.74) is 0.387. The molecule has 0 bridgehead atoms. The summed E-state index contributed by atoms with van der Waals surface area (Å²) in [5.74, 6) is -0.688. The standard InChI is InChI=1S/C23H23F3N2O2/c1-21(2)19(22(21,3)4)20(29)30-18(13-27)14-6-5-7-17(12-14)28-16-10-8-15(9-11-16)23(24,25)26/h5-12,18-19,28H,1-4H3. The van der Waals surface area contributed by atoms with Gasteiger partial charge in [-0.3, -0.25) is 4.79 Å². The van der Waals surface area contributed by atoms with Crippen molar-refractivity contribution in [1.29, 1.82) is 5.26 Å². The Kier molecular flexibility index (Phi) is 5.32. The SMILES string of the molecule is CC1(C)C(C(=O)OC(C#N)c2cccc(Nc3ccc(C(F)(F)F)cc3)c2)C1(C)C. The highest BCUT2D eigenvalue weighted by molar-refractivity contribution is 5.79. The third-order valence-electron chi connectivity index (χ3n) is 6.30. The summed E-state index contributed by atoms with van der Waals surface area (Å²) < 4.78 is 43.6. The minimum Gasteiger partial charge on any atom is -0.442 e. The van der Waals surface area contributed by atoms with Gasteiger partial charge in [-0.05, 0) is 47.2 Å². The van der Waals surface area contributed by atoms with E-state index in [9.17, 15) is 23.2 Å². The number of alkyl halides is 3. The minimum atomic E-state index is -4.40. The Bertz CT molecular complexity index is 975. The molecule has 158 valence electrons. The molecule has 1 aliphatic carbocycles. The van der Waals surface area contributed by atoms with E-state index >= 15 is 0 Å². The van der Waals surface area contributed by atoms with Crippen LogP contribution in [0.1, 0.15) is 44.9 Å². The Morgan fingerprint density at radius 1 is 1.07 bits per heavy atom. The van der Waals surface area contributed by atoms with Crippen LogP contribution in [0, 0.1) is 28.1 Å². The maximum Gasteiger partial charge on any atom is 0.416 e. The van der Waals surface area contributed by atoms with Crippen LogP contribution < -0.4 is 5.32 Å². The molecule has 1 atom stereocenters. The second-order valence-corrected chi connectivity index (χ2v) is 8.65. The van der Waals surface area contributed by atoms with Gasteiger partial charge in [0.2, 0.25) is 6.10 Å². The second-order valence-electron chi connectivity index (χ2n) is 8.65. The quantitative estimate of drug-likeness (QED) is 0.586. The van der Waals surface area contributed by atoms with Gasteiger partial charge in [-0.15, -0.1) is 0 Å². The van der Waals surface area contributed by atoms with Crippen molar-refractivity contribution in [3.8, 4) is 6.07 Å². The van der Waals surface area contributed by atoms with Crippen LogP contribution in [0.25, 0.3) is 0 Å². The normalized spacial score (nSPS) is 18.2. The Hall–Kier alpha value is -3.01. The van der Waals surface area contributed by atoms with Crippen LogP contribution in [0.3, 0.4) is 0 Å². The number of carbonyl (C=O) groups excluding carboxylic acids is 1. The van der Waals surface area contributed by atoms with Crippen LogP contribution in [0.5, 0.6) is 0 Å². The molecule has 4 nitrogen and oxygen atoms in total. The lowest BCUT2D eigenvalue weighted by atomic mass is 10.0. The summed E-state index contributed by atoms with van der Waals surface area (Å²) in [5, 5.41) is 12.5. The Labute approximate surface area is 173 Å². The lowest BCUT2D eigenvalue weighted by Gasteiger charge is -2.14. The van der Waals surface area contributed by atoms with E-state index in [1.807, 2.05) is 33.8 Å². The van der Waals surface area contributed by atoms with Crippen LogP contribution in [0.4, 0.5) is 24.5 Å². The predicted molar refractivity (Wildman–Crippen MR) is 107 cm³/mol. The van der Waals surface area contributed by atoms with Crippen molar-refractivity contribution in [3.05, 3.63) is 59.7 Å². The number of hydrogen-bond acceptors (Lipinski definition) is 4. The summed E-state index contributed by atoms with van der Waals surface area (Å²) in [6.45, 7) is 7.98. The first-order valence-corrected chi connectivity index (χ1v) is 9.52. The summed E-state index contributed by atoms with van der Waals surface area (Å²) in [6.07, 6.45) is -5.47. The lowest BCUT2D eigenvalue weighted by molar-refractivity contribution is -0.150. The van der Waals surface area contributed by atoms with Gasteiger partial charge in [0.25, 0.3) is 0 Å². The number of nitrogens with one attached hydrogen (secondary N) is 1. The number of carbonyl (C=O) groups is 1. The zero-order chi connectivity index (χ0) is 22.3. The molecule has 0 saturated heterocycles. The highest BCUT2D eigenvalue weighted by Gasteiger charge is 2.69. The zero-order valence-electron chi connectivity index (χ0n) is 17.2. The molecule has 1 aliphatic rings. The monoisotopic (exact) mass is 416 g/mol. The number of hydrogen-bond donors (Lipinski definition) is 1. The molecule has 1 fully saturated rings. The lowest BCUT2D eigenvalue weighted by Crippen LogP contribution is -2.15. The van der Waals surface area contributed by atoms with Gasteiger partial charge in [0.1, 0.15) is 6.07 Å². The number of benzene rings is 2. The van der Waals surface area contributed by atoms with E-state index in [0.29, 0.717) is 16.9 Å². The third-order valence-corrected chi connectivity index (χ3v) is 6.30. The van der Waals surface area contributed by atoms with Crippen molar-refractivity contribution < 1.29 is 22.7 Å². The number of esters is 1. The van der Waals surface area contributed by atoms with E-state index in [1.165, 1.54) is 12.1 Å². The third kappa shape index (κ3) is 4.00. The topological polar surface area (TPSA) is 62.1 Å². The van der Waals surface area contributed by atoms with E-state index in [2.05, 4.69) is 5.32 Å². The van der Waals surface area contributed by atoms with Gasteiger partial charge in [-0.1, -0.05) is 39.8 Å². The highest BCUT2D eigenvalue weighted by Crippen LogP contribution is 2.68. The van der Waals surface area contributed by atoms with Crippen molar-refractivity contribution in [3.63, 3.8) is 0 Å². The number of rotatable bonds is 5. The summed E-state index contributed by atoms with van der Waals surface area (Å²) in [7, 11) is 0. The molecule has 0 radical (unpaired) electrons. The Morgan fingerprint density at radius 3 is 2.17 bits per heavy atom. The molecule has 0 aromatic heterocycles. The average molecular weight is 416 g/mol. The largest absolute Gasteiger partial charge is 0.442 e. The van der Waals surface area contributed by atoms with Crippen molar-refractivity contribution >= 4 is 17.3 Å². The fraction of sp³-hybridized carbons (Fsp3) is 0.391. The first-order valence-electron chi connectivity index (χ1n) is 9.52. The molecule has 1 unspecified atom stereocenters. The molecule has 7 heteroatoms. The maximum atomic E-state index is 12.7. The van der Waals surface area contributed by atoms with Crippen LogP contribution >= 0.6 is 0 Å². The van der Waals surface area contributed by atoms with Crippen LogP contribution in [0.15, 0.2) is 48.5 Å². The zero-order valence-corrected chi connectivity index (χ0v) is 17.2. The molecule has 0 amide bonds. The molecule has 3 rings (SSSR count). The van der Waals surface area contributed by atoms with Gasteiger partial charge >= 0.3 is 12.1 Å². The van der Waals surface area contributed by atoms with Crippen LogP contribution in [-0.2, 0) is 15.7 Å². The van der Waals surface area contributed by atoms with Gasteiger partial charge in [-0.25, -0.2) is 0 Å². The van der Waals surface area contributed by atoms with Crippen molar-refractivity contribution in [2.45, 2.75) is 40.0 Å². The first kappa shape index (κ1) is 21.7. The molecule has 30 heavy (non-hydrogen) atoms. The Balaban J connectivity index is 1.72. The Morgan fingerprint density at radius 2 is 1.67 bits per heavy atom. The van der Waals surface area contributed by atoms with E-state index in [-0.39, 0.29) is 16.7 Å². The van der Waals surface area contributed by atoms with Gasteiger partial charge in [0.05, 0.1) is 11.5 Å². The fourth-order valence-electron chi connectivity index (χ4n) is 3.83. The highest BCUT2D eigenvalue weighted by atomic mass is 19.4. The van der Waals surface area contributed by atoms with Crippen molar-refractivity contribution in [2.75, 3.05) is 5.32 Å². The molecule has 1 saturated carbocycles. The molecular formula is C23H23F3N2O2. The van der Waals surface area contributed by atoms with E-state index in [0.717, 1.165) is 12.1 Å². The second kappa shape index (κ2) is 7.35. The summed E-state index contributed by atoms with van der Waals surface area (Å²) in [4.78, 5) is 12.6. The minimum absolute atomic E-state index is 0.198. The van der Waals surface area contributed by atoms with E-state index in [1.54, 1.807) is 24.3 Å². The number of nitriles is 1. The number of nitrogens with zero attached hydrogens (tertiary/aromatic N) is 1. The molecule has 2 aromatic rings. The predicted octanol–water partition coefficient (Wildman–Crippen LogP) is 6.24. The number of ether oxygens (including phenoxy) is 1. The fourth-order valence-corrected chi connectivity index (χ4v) is 3.83. The van der Waals surface area contributed by atoms with Gasteiger partial charge in [0, 0.05) is 16.9 Å². The molecule has 2 aromatic carbocycles. The number of halogens is 3. The average Bonchev–Trinajstić information content (AvgIpc) is 3.08. The van der Waals surface area contributed by atoms with Crippen LogP contribution in [0.2, 0.25) is 0 Å². The van der Waals surface area contributed by atoms with Gasteiger partial charge < -0.3 is 10.1 Å². The number of anilines is 2.